The smallest absolute Gasteiger partial charge is 0.0807 e. The molecule has 1 aromatic rings. The highest BCUT2D eigenvalue weighted by atomic mass is 16.5. The van der Waals surface area contributed by atoms with Crippen LogP contribution < -0.4 is 4.90 Å². The van der Waals surface area contributed by atoms with E-state index in [1.807, 2.05) is 25.1 Å². The Morgan fingerprint density at radius 3 is 2.50 bits per heavy atom. The molecule has 0 aliphatic carbocycles. The zero-order valence-electron chi connectivity index (χ0n) is 13.0. The number of methoxy groups -OCH3 is 2. The maximum absolute atomic E-state index is 10.2. The van der Waals surface area contributed by atoms with Gasteiger partial charge in [-0.3, -0.25) is 0 Å². The number of anilines is 1. The standard InChI is InChI=1S/C16H27NO3/c1-5-16(18)14-8-6-7-9-15(14)17(10-11-19-3)13(2)12-20-4/h6-9,13,16,18H,5,10-12H2,1-4H3. The van der Waals surface area contributed by atoms with Crippen molar-refractivity contribution in [2.45, 2.75) is 32.4 Å². The van der Waals surface area contributed by atoms with E-state index in [1.165, 1.54) is 0 Å². The third-order valence-electron chi connectivity index (χ3n) is 3.47. The first-order valence-corrected chi connectivity index (χ1v) is 7.17. The summed E-state index contributed by atoms with van der Waals surface area (Å²) in [5, 5.41) is 10.2. The van der Waals surface area contributed by atoms with Crippen LogP contribution in [0.25, 0.3) is 0 Å². The monoisotopic (exact) mass is 281 g/mol. The van der Waals surface area contributed by atoms with Gasteiger partial charge in [0.25, 0.3) is 0 Å². The Bertz CT molecular complexity index is 384. The van der Waals surface area contributed by atoms with Gasteiger partial charge in [-0.25, -0.2) is 0 Å². The van der Waals surface area contributed by atoms with Crippen LogP contribution in [-0.4, -0.2) is 45.1 Å². The fourth-order valence-electron chi connectivity index (χ4n) is 2.35. The summed E-state index contributed by atoms with van der Waals surface area (Å²) in [6.45, 7) is 6.16. The Labute approximate surface area is 122 Å². The summed E-state index contributed by atoms with van der Waals surface area (Å²) in [5.74, 6) is 0. The van der Waals surface area contributed by atoms with Crippen LogP contribution in [0.2, 0.25) is 0 Å². The molecule has 1 rings (SSSR count). The van der Waals surface area contributed by atoms with E-state index in [2.05, 4.69) is 17.9 Å². The number of aliphatic hydroxyl groups excluding tert-OH is 1. The van der Waals surface area contributed by atoms with Gasteiger partial charge in [0.15, 0.2) is 0 Å². The number of hydrogen-bond acceptors (Lipinski definition) is 4. The number of nitrogens with zero attached hydrogens (tertiary/aromatic N) is 1. The van der Waals surface area contributed by atoms with Crippen molar-refractivity contribution in [3.05, 3.63) is 29.8 Å². The van der Waals surface area contributed by atoms with Crippen molar-refractivity contribution in [1.29, 1.82) is 0 Å². The lowest BCUT2D eigenvalue weighted by Gasteiger charge is -2.33. The first-order valence-electron chi connectivity index (χ1n) is 7.17. The van der Waals surface area contributed by atoms with Crippen molar-refractivity contribution < 1.29 is 14.6 Å². The Kier molecular flexibility index (Phi) is 7.59. The molecule has 4 heteroatoms. The molecule has 1 N–H and O–H groups in total. The first kappa shape index (κ1) is 17.0. The zero-order valence-corrected chi connectivity index (χ0v) is 13.0. The van der Waals surface area contributed by atoms with Gasteiger partial charge in [-0.2, -0.15) is 0 Å². The van der Waals surface area contributed by atoms with Crippen LogP contribution in [0.3, 0.4) is 0 Å². The van der Waals surface area contributed by atoms with E-state index in [1.54, 1.807) is 14.2 Å². The molecule has 0 fully saturated rings. The molecule has 20 heavy (non-hydrogen) atoms. The highest BCUT2D eigenvalue weighted by Gasteiger charge is 2.19. The van der Waals surface area contributed by atoms with Crippen molar-refractivity contribution in [3.8, 4) is 0 Å². The van der Waals surface area contributed by atoms with Gasteiger partial charge in [-0.15, -0.1) is 0 Å². The molecule has 0 heterocycles. The summed E-state index contributed by atoms with van der Waals surface area (Å²) < 4.78 is 10.5. The van der Waals surface area contributed by atoms with Crippen molar-refractivity contribution in [2.24, 2.45) is 0 Å². The summed E-state index contributed by atoms with van der Waals surface area (Å²) in [5.41, 5.74) is 2.03. The average Bonchev–Trinajstić information content (AvgIpc) is 2.47. The molecule has 0 radical (unpaired) electrons. The molecule has 0 bridgehead atoms. The molecule has 0 aliphatic rings. The predicted octanol–water partition coefficient (Wildman–Crippen LogP) is 2.62. The molecule has 4 nitrogen and oxygen atoms in total. The number of ether oxygens (including phenoxy) is 2. The lowest BCUT2D eigenvalue weighted by Crippen LogP contribution is -2.39. The Morgan fingerprint density at radius 1 is 1.20 bits per heavy atom. The molecular weight excluding hydrogens is 254 g/mol. The summed E-state index contributed by atoms with van der Waals surface area (Å²) >= 11 is 0. The number of para-hydroxylation sites is 1. The second-order valence-corrected chi connectivity index (χ2v) is 4.97. The molecule has 2 atom stereocenters. The van der Waals surface area contributed by atoms with E-state index in [0.29, 0.717) is 19.6 Å². The average molecular weight is 281 g/mol. The molecule has 2 unspecified atom stereocenters. The predicted molar refractivity (Wildman–Crippen MR) is 82.3 cm³/mol. The summed E-state index contributed by atoms with van der Waals surface area (Å²) in [4.78, 5) is 2.24. The van der Waals surface area contributed by atoms with E-state index in [-0.39, 0.29) is 6.04 Å². The van der Waals surface area contributed by atoms with Gasteiger partial charge in [-0.05, 0) is 19.4 Å². The minimum Gasteiger partial charge on any atom is -0.388 e. The minimum absolute atomic E-state index is 0.223. The van der Waals surface area contributed by atoms with Crippen molar-refractivity contribution in [1.82, 2.24) is 0 Å². The SMILES string of the molecule is CCC(O)c1ccccc1N(CCOC)C(C)COC. The van der Waals surface area contributed by atoms with Crippen molar-refractivity contribution in [2.75, 3.05) is 38.9 Å². The minimum atomic E-state index is -0.439. The van der Waals surface area contributed by atoms with Crippen LogP contribution >= 0.6 is 0 Å². The van der Waals surface area contributed by atoms with Gasteiger partial charge in [-0.1, -0.05) is 25.1 Å². The van der Waals surface area contributed by atoms with Gasteiger partial charge in [0.05, 0.1) is 19.3 Å². The highest BCUT2D eigenvalue weighted by molar-refractivity contribution is 5.55. The first-order chi connectivity index (χ1) is 9.65. The molecule has 0 saturated heterocycles. The molecule has 0 amide bonds. The van der Waals surface area contributed by atoms with E-state index in [4.69, 9.17) is 9.47 Å². The molecule has 0 aliphatic heterocycles. The van der Waals surface area contributed by atoms with Gasteiger partial charge < -0.3 is 19.5 Å². The fraction of sp³-hybridized carbons (Fsp3) is 0.625. The third-order valence-corrected chi connectivity index (χ3v) is 3.47. The summed E-state index contributed by atoms with van der Waals surface area (Å²) in [7, 11) is 3.41. The second kappa shape index (κ2) is 8.95. The maximum atomic E-state index is 10.2. The number of hydrogen-bond donors (Lipinski definition) is 1. The van der Waals surface area contributed by atoms with Crippen LogP contribution in [0.5, 0.6) is 0 Å². The van der Waals surface area contributed by atoms with E-state index in [9.17, 15) is 5.11 Å². The van der Waals surface area contributed by atoms with Gasteiger partial charge in [0, 0.05) is 38.1 Å². The molecule has 114 valence electrons. The Balaban J connectivity index is 3.05. The molecule has 0 spiro atoms. The van der Waals surface area contributed by atoms with E-state index >= 15 is 0 Å². The lowest BCUT2D eigenvalue weighted by atomic mass is 10.0. The zero-order chi connectivity index (χ0) is 15.0. The van der Waals surface area contributed by atoms with Crippen molar-refractivity contribution >= 4 is 5.69 Å². The number of benzene rings is 1. The molecule has 1 aromatic carbocycles. The third kappa shape index (κ3) is 4.47. The quantitative estimate of drug-likeness (QED) is 0.755. The number of aliphatic hydroxyl groups is 1. The van der Waals surface area contributed by atoms with Crippen LogP contribution in [0.4, 0.5) is 5.69 Å². The molecule has 0 aromatic heterocycles. The summed E-state index contributed by atoms with van der Waals surface area (Å²) in [6, 6.07) is 8.23. The van der Waals surface area contributed by atoms with Gasteiger partial charge in [0.1, 0.15) is 0 Å². The second-order valence-electron chi connectivity index (χ2n) is 4.97. The van der Waals surface area contributed by atoms with Gasteiger partial charge in [0.2, 0.25) is 0 Å². The number of rotatable bonds is 9. The van der Waals surface area contributed by atoms with Crippen LogP contribution in [0.1, 0.15) is 31.9 Å². The Morgan fingerprint density at radius 2 is 1.90 bits per heavy atom. The lowest BCUT2D eigenvalue weighted by molar-refractivity contribution is 0.166. The maximum Gasteiger partial charge on any atom is 0.0807 e. The van der Waals surface area contributed by atoms with E-state index < -0.39 is 6.10 Å². The Hall–Kier alpha value is -1.10. The van der Waals surface area contributed by atoms with Crippen LogP contribution in [0.15, 0.2) is 24.3 Å². The van der Waals surface area contributed by atoms with Crippen LogP contribution in [-0.2, 0) is 9.47 Å². The fourth-order valence-corrected chi connectivity index (χ4v) is 2.35. The van der Waals surface area contributed by atoms with E-state index in [0.717, 1.165) is 17.8 Å². The highest BCUT2D eigenvalue weighted by Crippen LogP contribution is 2.29. The largest absolute Gasteiger partial charge is 0.388 e. The van der Waals surface area contributed by atoms with Crippen LogP contribution in [0, 0.1) is 0 Å². The van der Waals surface area contributed by atoms with Crippen molar-refractivity contribution in [3.63, 3.8) is 0 Å². The molecule has 0 saturated carbocycles. The molecular formula is C16H27NO3. The topological polar surface area (TPSA) is 41.9 Å². The summed E-state index contributed by atoms with van der Waals surface area (Å²) in [6.07, 6.45) is 0.263. The normalized spacial score (nSPS) is 14.1. The van der Waals surface area contributed by atoms with Gasteiger partial charge >= 0.3 is 0 Å².